The van der Waals surface area contributed by atoms with E-state index in [1.165, 1.54) is 0 Å². The van der Waals surface area contributed by atoms with Crippen molar-refractivity contribution >= 4 is 27.7 Å². The maximum absolute atomic E-state index is 12.6. The first-order chi connectivity index (χ1) is 9.56. The van der Waals surface area contributed by atoms with Crippen LogP contribution in [0.25, 0.3) is 0 Å². The Morgan fingerprint density at radius 1 is 1.35 bits per heavy atom. The van der Waals surface area contributed by atoms with Crippen molar-refractivity contribution in [2.24, 2.45) is 0 Å². The standard InChI is InChI=1S/C15H17BrN2O2/c1-10-2-4-13(16)12(8-10)15(20)17-6-7-18-11(9-17)3-5-14(18)19/h2,4,8,11H,3,5-7,9H2,1H3. The van der Waals surface area contributed by atoms with Gasteiger partial charge in [0.25, 0.3) is 5.91 Å². The van der Waals surface area contributed by atoms with Gasteiger partial charge in [0.15, 0.2) is 0 Å². The first-order valence-corrected chi connectivity index (χ1v) is 7.70. The molecule has 2 amide bonds. The van der Waals surface area contributed by atoms with E-state index in [1.807, 2.05) is 34.9 Å². The Bertz CT molecular complexity index is 573. The SMILES string of the molecule is Cc1ccc(Br)c(C(=O)N2CCN3C(=O)CCC3C2)c1. The highest BCUT2D eigenvalue weighted by molar-refractivity contribution is 9.10. The molecule has 1 aromatic rings. The van der Waals surface area contributed by atoms with Gasteiger partial charge < -0.3 is 9.80 Å². The van der Waals surface area contributed by atoms with E-state index in [4.69, 9.17) is 0 Å². The average Bonchev–Trinajstić information content (AvgIpc) is 2.82. The number of carbonyl (C=O) groups is 2. The molecule has 2 fully saturated rings. The fourth-order valence-electron chi connectivity index (χ4n) is 3.02. The minimum Gasteiger partial charge on any atom is -0.336 e. The largest absolute Gasteiger partial charge is 0.336 e. The average molecular weight is 337 g/mol. The van der Waals surface area contributed by atoms with E-state index in [9.17, 15) is 9.59 Å². The highest BCUT2D eigenvalue weighted by atomic mass is 79.9. The molecule has 0 spiro atoms. The molecular weight excluding hydrogens is 320 g/mol. The Kier molecular flexibility index (Phi) is 3.54. The molecule has 106 valence electrons. The summed E-state index contributed by atoms with van der Waals surface area (Å²) >= 11 is 3.45. The normalized spacial score (nSPS) is 22.1. The predicted octanol–water partition coefficient (Wildman–Crippen LogP) is 2.20. The summed E-state index contributed by atoms with van der Waals surface area (Å²) < 4.78 is 0.832. The van der Waals surface area contributed by atoms with E-state index in [0.717, 1.165) is 16.5 Å². The summed E-state index contributed by atoms with van der Waals surface area (Å²) in [6, 6.07) is 6.02. The summed E-state index contributed by atoms with van der Waals surface area (Å²) in [5, 5.41) is 0. The van der Waals surface area contributed by atoms with Crippen LogP contribution in [0.15, 0.2) is 22.7 Å². The van der Waals surface area contributed by atoms with Crippen LogP contribution in [-0.4, -0.2) is 47.3 Å². The van der Waals surface area contributed by atoms with Crippen molar-refractivity contribution in [3.05, 3.63) is 33.8 Å². The van der Waals surface area contributed by atoms with Gasteiger partial charge in [-0.25, -0.2) is 0 Å². The zero-order valence-corrected chi connectivity index (χ0v) is 13.0. The number of nitrogens with zero attached hydrogens (tertiary/aromatic N) is 2. The molecule has 4 nitrogen and oxygen atoms in total. The van der Waals surface area contributed by atoms with Crippen molar-refractivity contribution < 1.29 is 9.59 Å². The van der Waals surface area contributed by atoms with Crippen LogP contribution in [-0.2, 0) is 4.79 Å². The summed E-state index contributed by atoms with van der Waals surface area (Å²) in [4.78, 5) is 28.1. The van der Waals surface area contributed by atoms with Crippen LogP contribution in [0, 0.1) is 6.92 Å². The molecule has 3 rings (SSSR count). The second-order valence-corrected chi connectivity index (χ2v) is 6.37. The van der Waals surface area contributed by atoms with Gasteiger partial charge in [-0.3, -0.25) is 9.59 Å². The lowest BCUT2D eigenvalue weighted by Gasteiger charge is -2.37. The number of aryl methyl sites for hydroxylation is 1. The summed E-state index contributed by atoms with van der Waals surface area (Å²) in [6.45, 7) is 3.93. The fraction of sp³-hybridized carbons (Fsp3) is 0.467. The van der Waals surface area contributed by atoms with Crippen LogP contribution < -0.4 is 0 Å². The Hall–Kier alpha value is -1.36. The number of halogens is 1. The number of piperazine rings is 1. The molecule has 1 aromatic carbocycles. The van der Waals surface area contributed by atoms with Gasteiger partial charge in [0.1, 0.15) is 0 Å². The van der Waals surface area contributed by atoms with Crippen LogP contribution in [0.1, 0.15) is 28.8 Å². The van der Waals surface area contributed by atoms with Gasteiger partial charge in [-0.2, -0.15) is 0 Å². The molecule has 0 N–H and O–H groups in total. The Balaban J connectivity index is 1.78. The predicted molar refractivity (Wildman–Crippen MR) is 79.5 cm³/mol. The monoisotopic (exact) mass is 336 g/mol. The Morgan fingerprint density at radius 3 is 2.95 bits per heavy atom. The molecule has 0 aliphatic carbocycles. The molecule has 0 aromatic heterocycles. The minimum absolute atomic E-state index is 0.0552. The second kappa shape index (κ2) is 5.20. The van der Waals surface area contributed by atoms with Gasteiger partial charge >= 0.3 is 0 Å². The molecule has 2 aliphatic heterocycles. The van der Waals surface area contributed by atoms with Crippen molar-refractivity contribution in [3.63, 3.8) is 0 Å². The van der Waals surface area contributed by atoms with Gasteiger partial charge in [0, 0.05) is 36.6 Å². The van der Waals surface area contributed by atoms with Crippen molar-refractivity contribution in [2.75, 3.05) is 19.6 Å². The lowest BCUT2D eigenvalue weighted by Crippen LogP contribution is -2.53. The third-order valence-electron chi connectivity index (χ3n) is 4.13. The number of hydrogen-bond acceptors (Lipinski definition) is 2. The quantitative estimate of drug-likeness (QED) is 0.788. The van der Waals surface area contributed by atoms with Crippen LogP contribution in [0.5, 0.6) is 0 Å². The van der Waals surface area contributed by atoms with Gasteiger partial charge in [-0.15, -0.1) is 0 Å². The molecule has 2 aliphatic rings. The van der Waals surface area contributed by atoms with Crippen LogP contribution in [0.4, 0.5) is 0 Å². The number of hydrogen-bond donors (Lipinski definition) is 0. The van der Waals surface area contributed by atoms with Crippen LogP contribution >= 0.6 is 15.9 Å². The number of rotatable bonds is 1. The highest BCUT2D eigenvalue weighted by Crippen LogP contribution is 2.25. The van der Waals surface area contributed by atoms with Crippen molar-refractivity contribution in [1.82, 2.24) is 9.80 Å². The Labute approximate surface area is 126 Å². The molecule has 1 unspecified atom stereocenters. The highest BCUT2D eigenvalue weighted by Gasteiger charge is 2.37. The van der Waals surface area contributed by atoms with Crippen LogP contribution in [0.2, 0.25) is 0 Å². The van der Waals surface area contributed by atoms with E-state index < -0.39 is 0 Å². The first kappa shape index (κ1) is 13.6. The van der Waals surface area contributed by atoms with Gasteiger partial charge in [-0.05, 0) is 41.4 Å². The smallest absolute Gasteiger partial charge is 0.255 e. The summed E-state index contributed by atoms with van der Waals surface area (Å²) in [5.41, 5.74) is 1.79. The number of fused-ring (bicyclic) bond motifs is 1. The molecular formula is C15H17BrN2O2. The first-order valence-electron chi connectivity index (χ1n) is 6.91. The van der Waals surface area contributed by atoms with Gasteiger partial charge in [0.2, 0.25) is 5.91 Å². The molecule has 2 heterocycles. The maximum atomic E-state index is 12.6. The van der Waals surface area contributed by atoms with Crippen molar-refractivity contribution in [2.45, 2.75) is 25.8 Å². The van der Waals surface area contributed by atoms with Gasteiger partial charge in [0.05, 0.1) is 5.56 Å². The maximum Gasteiger partial charge on any atom is 0.255 e. The molecule has 0 bridgehead atoms. The molecule has 2 saturated heterocycles. The number of carbonyl (C=O) groups excluding carboxylic acids is 2. The van der Waals surface area contributed by atoms with Crippen molar-refractivity contribution in [3.8, 4) is 0 Å². The van der Waals surface area contributed by atoms with Gasteiger partial charge in [-0.1, -0.05) is 11.6 Å². The summed E-state index contributed by atoms with van der Waals surface area (Å²) in [7, 11) is 0. The molecule has 20 heavy (non-hydrogen) atoms. The topological polar surface area (TPSA) is 40.6 Å². The van der Waals surface area contributed by atoms with Crippen LogP contribution in [0.3, 0.4) is 0 Å². The number of benzene rings is 1. The molecule has 5 heteroatoms. The van der Waals surface area contributed by atoms with E-state index in [2.05, 4.69) is 15.9 Å². The molecule has 0 radical (unpaired) electrons. The molecule has 0 saturated carbocycles. The van der Waals surface area contributed by atoms with E-state index >= 15 is 0 Å². The van der Waals surface area contributed by atoms with E-state index in [1.54, 1.807) is 0 Å². The van der Waals surface area contributed by atoms with Crippen molar-refractivity contribution in [1.29, 1.82) is 0 Å². The lowest BCUT2D eigenvalue weighted by atomic mass is 10.1. The van der Waals surface area contributed by atoms with E-state index in [-0.39, 0.29) is 17.9 Å². The fourth-order valence-corrected chi connectivity index (χ4v) is 3.44. The lowest BCUT2D eigenvalue weighted by molar-refractivity contribution is -0.130. The van der Waals surface area contributed by atoms with E-state index in [0.29, 0.717) is 31.6 Å². The third kappa shape index (κ3) is 2.35. The Morgan fingerprint density at radius 2 is 2.15 bits per heavy atom. The molecule has 1 atom stereocenters. The summed E-state index contributed by atoms with van der Waals surface area (Å²) in [5.74, 6) is 0.290. The minimum atomic E-state index is 0.0552. The summed E-state index contributed by atoms with van der Waals surface area (Å²) in [6.07, 6.45) is 1.50. The zero-order valence-electron chi connectivity index (χ0n) is 11.4. The zero-order chi connectivity index (χ0) is 14.3. The third-order valence-corrected chi connectivity index (χ3v) is 4.83. The number of amides is 2. The second-order valence-electron chi connectivity index (χ2n) is 5.51.